The zero-order valence-electron chi connectivity index (χ0n) is 21.3. The highest BCUT2D eigenvalue weighted by Crippen LogP contribution is 2.40. The van der Waals surface area contributed by atoms with Gasteiger partial charge in [-0.2, -0.15) is 18.2 Å². The fourth-order valence-corrected chi connectivity index (χ4v) is 4.51. The Morgan fingerprint density at radius 2 is 1.74 bits per heavy atom. The molecule has 39 heavy (non-hydrogen) atoms. The maximum Gasteiger partial charge on any atom is 0.433 e. The lowest BCUT2D eigenvalue weighted by atomic mass is 9.99. The first-order valence-electron chi connectivity index (χ1n) is 12.6. The van der Waals surface area contributed by atoms with Gasteiger partial charge in [0.15, 0.2) is 0 Å². The Labute approximate surface area is 224 Å². The zero-order chi connectivity index (χ0) is 27.4. The maximum atomic E-state index is 13.6. The van der Waals surface area contributed by atoms with Gasteiger partial charge >= 0.3 is 6.18 Å². The van der Waals surface area contributed by atoms with Gasteiger partial charge < -0.3 is 20.5 Å². The highest BCUT2D eigenvalue weighted by molar-refractivity contribution is 5.85. The van der Waals surface area contributed by atoms with Gasteiger partial charge in [0.05, 0.1) is 17.9 Å². The summed E-state index contributed by atoms with van der Waals surface area (Å²) in [6, 6.07) is 19.4. The van der Waals surface area contributed by atoms with Crippen molar-refractivity contribution in [3.63, 3.8) is 0 Å². The molecule has 0 aliphatic carbocycles. The molecule has 0 bridgehead atoms. The van der Waals surface area contributed by atoms with E-state index in [-0.39, 0.29) is 35.8 Å². The summed E-state index contributed by atoms with van der Waals surface area (Å²) >= 11 is 0. The van der Waals surface area contributed by atoms with Gasteiger partial charge in [-0.15, -0.1) is 0 Å². The van der Waals surface area contributed by atoms with Crippen LogP contribution in [0.15, 0.2) is 66.7 Å². The van der Waals surface area contributed by atoms with Crippen LogP contribution in [0.2, 0.25) is 0 Å². The van der Waals surface area contributed by atoms with Gasteiger partial charge in [-0.1, -0.05) is 42.5 Å². The smallest absolute Gasteiger partial charge is 0.433 e. The monoisotopic (exact) mass is 535 g/mol. The Kier molecular flexibility index (Phi) is 7.65. The van der Waals surface area contributed by atoms with Crippen molar-refractivity contribution >= 4 is 5.95 Å². The van der Waals surface area contributed by atoms with Crippen molar-refractivity contribution in [3.8, 4) is 34.0 Å². The number of aromatic nitrogens is 3. The summed E-state index contributed by atoms with van der Waals surface area (Å²) < 4.78 is 52.9. The Morgan fingerprint density at radius 1 is 0.974 bits per heavy atom. The van der Waals surface area contributed by atoms with Crippen LogP contribution in [0, 0.1) is 6.92 Å². The van der Waals surface area contributed by atoms with E-state index < -0.39 is 11.9 Å². The molecule has 1 unspecified atom stereocenters. The molecule has 0 radical (unpaired) electrons. The largest absolute Gasteiger partial charge is 0.489 e. The fourth-order valence-electron chi connectivity index (χ4n) is 4.51. The predicted octanol–water partition coefficient (Wildman–Crippen LogP) is 5.48. The Bertz CT molecular complexity index is 1420. The number of ether oxygens (including phenoxy) is 2. The third-order valence-corrected chi connectivity index (χ3v) is 6.34. The Morgan fingerprint density at radius 3 is 2.44 bits per heavy atom. The zero-order valence-corrected chi connectivity index (χ0v) is 21.3. The van der Waals surface area contributed by atoms with Crippen molar-refractivity contribution in [2.75, 3.05) is 25.4 Å². The van der Waals surface area contributed by atoms with Crippen LogP contribution in [0.25, 0.3) is 22.4 Å². The lowest BCUT2D eigenvalue weighted by Crippen LogP contribution is -2.19. The fraction of sp³-hybridized carbons (Fsp3) is 0.276. The Hall–Kier alpha value is -4.18. The number of hydrogen-bond acceptors (Lipinski definition) is 7. The number of aryl methyl sites for hydroxylation is 1. The van der Waals surface area contributed by atoms with Crippen molar-refractivity contribution in [2.45, 2.75) is 32.0 Å². The number of benzene rings is 2. The minimum atomic E-state index is -4.62. The number of pyridine rings is 1. The first-order valence-corrected chi connectivity index (χ1v) is 12.6. The van der Waals surface area contributed by atoms with E-state index in [4.69, 9.17) is 15.2 Å². The third kappa shape index (κ3) is 6.46. The van der Waals surface area contributed by atoms with Crippen LogP contribution >= 0.6 is 0 Å². The molecule has 10 heteroatoms. The third-order valence-electron chi connectivity index (χ3n) is 6.34. The molecule has 0 spiro atoms. The molecule has 1 atom stereocenters. The maximum absolute atomic E-state index is 13.6. The number of hydrogen-bond donors (Lipinski definition) is 2. The minimum absolute atomic E-state index is 0.0441. The average molecular weight is 536 g/mol. The van der Waals surface area contributed by atoms with Crippen LogP contribution < -0.4 is 20.5 Å². The summed E-state index contributed by atoms with van der Waals surface area (Å²) in [7, 11) is 0. The lowest BCUT2D eigenvalue weighted by molar-refractivity contribution is -0.141. The van der Waals surface area contributed by atoms with Crippen LogP contribution in [0.3, 0.4) is 0 Å². The van der Waals surface area contributed by atoms with E-state index in [1.807, 2.05) is 42.5 Å². The van der Waals surface area contributed by atoms with Crippen molar-refractivity contribution < 1.29 is 22.6 Å². The summed E-state index contributed by atoms with van der Waals surface area (Å²) in [5.74, 6) is 0.867. The van der Waals surface area contributed by atoms with E-state index in [0.717, 1.165) is 36.9 Å². The molecule has 7 nitrogen and oxygen atoms in total. The molecule has 5 rings (SSSR count). The van der Waals surface area contributed by atoms with E-state index in [0.29, 0.717) is 23.2 Å². The number of nitrogens with one attached hydrogen (secondary N) is 1. The molecule has 1 aliphatic heterocycles. The number of nitrogens with two attached hydrogens (primary N) is 1. The topological polar surface area (TPSA) is 95.2 Å². The second kappa shape index (κ2) is 11.3. The summed E-state index contributed by atoms with van der Waals surface area (Å²) in [5, 5.41) is 3.28. The van der Waals surface area contributed by atoms with E-state index in [9.17, 15) is 13.2 Å². The lowest BCUT2D eigenvalue weighted by Gasteiger charge is -2.17. The number of nitrogen functional groups attached to an aromatic ring is 1. The molecule has 202 valence electrons. The van der Waals surface area contributed by atoms with Crippen LogP contribution in [-0.4, -0.2) is 40.8 Å². The normalized spacial score (nSPS) is 15.3. The standard InChI is InChI=1S/C29H28F3N5O2/c1-18-15-21(16-24(35-18)29(30,31)32)25-26(20-5-3-2-4-6-20)36-28(33)37-27(25)38-14-12-19-7-9-22(10-8-19)39-23-11-13-34-17-23/h2-10,15-16,23,34H,11-14,17H2,1H3,(H2,33,36,37). The quantitative estimate of drug-likeness (QED) is 0.309. The van der Waals surface area contributed by atoms with Crippen molar-refractivity contribution in [1.29, 1.82) is 0 Å². The number of halogens is 3. The molecule has 2 aromatic heterocycles. The second-order valence-electron chi connectivity index (χ2n) is 9.33. The van der Waals surface area contributed by atoms with Gasteiger partial charge in [0.25, 0.3) is 0 Å². The molecule has 4 aromatic rings. The number of nitrogens with zero attached hydrogens (tertiary/aromatic N) is 3. The van der Waals surface area contributed by atoms with E-state index in [1.54, 1.807) is 18.2 Å². The molecule has 0 saturated carbocycles. The summed E-state index contributed by atoms with van der Waals surface area (Å²) in [6.07, 6.45) is -2.92. The van der Waals surface area contributed by atoms with Gasteiger partial charge in [0.1, 0.15) is 17.5 Å². The minimum Gasteiger partial charge on any atom is -0.489 e. The molecule has 3 heterocycles. The highest BCUT2D eigenvalue weighted by atomic mass is 19.4. The van der Waals surface area contributed by atoms with Gasteiger partial charge in [-0.3, -0.25) is 0 Å². The molecule has 1 fully saturated rings. The molecular formula is C29H28F3N5O2. The molecule has 3 N–H and O–H groups in total. The molecule has 0 amide bonds. The van der Waals surface area contributed by atoms with Gasteiger partial charge in [0, 0.05) is 24.2 Å². The number of rotatable bonds is 8. The summed E-state index contributed by atoms with van der Waals surface area (Å²) in [4.78, 5) is 12.3. The molecule has 1 aliphatic rings. The SMILES string of the molecule is Cc1cc(-c2c(OCCc3ccc(OC4CCNC4)cc3)nc(N)nc2-c2ccccc2)cc(C(F)(F)F)n1. The first kappa shape index (κ1) is 26.4. The number of alkyl halides is 3. The van der Waals surface area contributed by atoms with Crippen LogP contribution in [-0.2, 0) is 12.6 Å². The number of anilines is 1. The van der Waals surface area contributed by atoms with E-state index in [2.05, 4.69) is 20.3 Å². The van der Waals surface area contributed by atoms with Crippen LogP contribution in [0.4, 0.5) is 19.1 Å². The Balaban J connectivity index is 1.44. The second-order valence-corrected chi connectivity index (χ2v) is 9.33. The molecular weight excluding hydrogens is 507 g/mol. The van der Waals surface area contributed by atoms with Crippen molar-refractivity contribution in [1.82, 2.24) is 20.3 Å². The van der Waals surface area contributed by atoms with Crippen LogP contribution in [0.5, 0.6) is 11.6 Å². The highest BCUT2D eigenvalue weighted by Gasteiger charge is 2.34. The van der Waals surface area contributed by atoms with Crippen LogP contribution in [0.1, 0.15) is 23.4 Å². The first-order chi connectivity index (χ1) is 18.8. The molecule has 2 aromatic carbocycles. The summed E-state index contributed by atoms with van der Waals surface area (Å²) in [5.41, 5.74) is 7.85. The predicted molar refractivity (Wildman–Crippen MR) is 142 cm³/mol. The van der Waals surface area contributed by atoms with Crippen molar-refractivity contribution in [3.05, 3.63) is 83.7 Å². The van der Waals surface area contributed by atoms with Gasteiger partial charge in [-0.05, 0) is 55.3 Å². The summed E-state index contributed by atoms with van der Waals surface area (Å²) in [6.45, 7) is 3.53. The van der Waals surface area contributed by atoms with E-state index >= 15 is 0 Å². The van der Waals surface area contributed by atoms with E-state index in [1.165, 1.54) is 6.92 Å². The van der Waals surface area contributed by atoms with Gasteiger partial charge in [-0.25, -0.2) is 9.97 Å². The molecule has 1 saturated heterocycles. The average Bonchev–Trinajstić information content (AvgIpc) is 3.42. The van der Waals surface area contributed by atoms with Crippen molar-refractivity contribution in [2.24, 2.45) is 0 Å². The van der Waals surface area contributed by atoms with Gasteiger partial charge in [0.2, 0.25) is 11.8 Å².